The third-order valence-corrected chi connectivity index (χ3v) is 6.19. The molecule has 0 unspecified atom stereocenters. The number of ketones is 1. The quantitative estimate of drug-likeness (QED) is 0.695. The number of nitriles is 1. The number of hydrogen-bond donors (Lipinski definition) is 1. The van der Waals surface area contributed by atoms with E-state index in [4.69, 9.17) is 19.9 Å². The number of nitrogens with two attached hydrogens (primary N) is 1. The van der Waals surface area contributed by atoms with Gasteiger partial charge in [-0.3, -0.25) is 4.79 Å². The average Bonchev–Trinajstić information content (AvgIpc) is 2.76. The van der Waals surface area contributed by atoms with Gasteiger partial charge in [0.2, 0.25) is 5.88 Å². The summed E-state index contributed by atoms with van der Waals surface area (Å²) in [6, 6.07) is 15.6. The monoisotopic (exact) mass is 444 g/mol. The van der Waals surface area contributed by atoms with Gasteiger partial charge in [0.1, 0.15) is 35.5 Å². The Hall–Kier alpha value is -3.72. The van der Waals surface area contributed by atoms with Crippen molar-refractivity contribution in [1.29, 1.82) is 5.26 Å². The predicted molar refractivity (Wildman–Crippen MR) is 124 cm³/mol. The van der Waals surface area contributed by atoms with Gasteiger partial charge in [-0.1, -0.05) is 38.1 Å². The van der Waals surface area contributed by atoms with E-state index in [9.17, 15) is 10.1 Å². The molecule has 170 valence electrons. The van der Waals surface area contributed by atoms with Crippen molar-refractivity contribution in [3.8, 4) is 17.6 Å². The highest BCUT2D eigenvalue weighted by Gasteiger charge is 2.43. The fourth-order valence-corrected chi connectivity index (χ4v) is 4.58. The largest absolute Gasteiger partial charge is 0.496 e. The standard InChI is InChI=1S/C27H28N2O4/c1-16-7-5-6-8-21(16)32-15-18-11-17(9-10-22(18)31-4)24-19(14-28)26(29)33-23-13-27(2,3)12-20(30)25(23)24/h5-11,24H,12-13,15,29H2,1-4H3/t24-/m1/s1. The topological polar surface area (TPSA) is 94.6 Å². The number of methoxy groups -OCH3 is 1. The van der Waals surface area contributed by atoms with Gasteiger partial charge in [-0.25, -0.2) is 0 Å². The zero-order chi connectivity index (χ0) is 23.8. The van der Waals surface area contributed by atoms with Gasteiger partial charge in [-0.15, -0.1) is 0 Å². The molecule has 2 aromatic rings. The van der Waals surface area contributed by atoms with Crippen LogP contribution in [0.4, 0.5) is 0 Å². The lowest BCUT2D eigenvalue weighted by Crippen LogP contribution is -2.33. The van der Waals surface area contributed by atoms with Crippen LogP contribution in [0.15, 0.2) is 65.3 Å². The number of carbonyl (C=O) groups excluding carboxylic acids is 1. The van der Waals surface area contributed by atoms with Crippen LogP contribution in [0.3, 0.4) is 0 Å². The second-order valence-electron chi connectivity index (χ2n) is 9.33. The molecule has 0 spiro atoms. The van der Waals surface area contributed by atoms with Crippen molar-refractivity contribution in [2.75, 3.05) is 7.11 Å². The first kappa shape index (κ1) is 22.5. The Morgan fingerprint density at radius 3 is 2.64 bits per heavy atom. The van der Waals surface area contributed by atoms with Gasteiger partial charge in [-0.2, -0.15) is 5.26 Å². The minimum atomic E-state index is -0.578. The molecule has 4 rings (SSSR count). The molecule has 2 N–H and O–H groups in total. The number of carbonyl (C=O) groups is 1. The van der Waals surface area contributed by atoms with Gasteiger partial charge in [0, 0.05) is 24.0 Å². The van der Waals surface area contributed by atoms with Gasteiger partial charge < -0.3 is 19.9 Å². The van der Waals surface area contributed by atoms with E-state index in [2.05, 4.69) is 6.07 Å². The SMILES string of the molecule is COc1ccc([C@@H]2C(C#N)=C(N)OC3=C2C(=O)CC(C)(C)C3)cc1COc1ccccc1C. The Morgan fingerprint density at radius 2 is 1.94 bits per heavy atom. The molecule has 0 amide bonds. The van der Waals surface area contributed by atoms with Gasteiger partial charge >= 0.3 is 0 Å². The van der Waals surface area contributed by atoms with Crippen LogP contribution in [-0.2, 0) is 16.1 Å². The summed E-state index contributed by atoms with van der Waals surface area (Å²) in [7, 11) is 1.60. The molecule has 0 saturated heterocycles. The van der Waals surface area contributed by atoms with E-state index >= 15 is 0 Å². The molecular weight excluding hydrogens is 416 g/mol. The van der Waals surface area contributed by atoms with Crippen LogP contribution in [-0.4, -0.2) is 12.9 Å². The summed E-state index contributed by atoms with van der Waals surface area (Å²) in [5.41, 5.74) is 9.31. The highest BCUT2D eigenvalue weighted by Crippen LogP contribution is 2.48. The number of allylic oxidation sites excluding steroid dienone is 3. The second kappa shape index (κ2) is 8.67. The van der Waals surface area contributed by atoms with Gasteiger partial charge in [0.05, 0.1) is 13.0 Å². The minimum Gasteiger partial charge on any atom is -0.496 e. The summed E-state index contributed by atoms with van der Waals surface area (Å²) in [4.78, 5) is 13.2. The third kappa shape index (κ3) is 4.31. The van der Waals surface area contributed by atoms with E-state index in [1.807, 2.05) is 63.2 Å². The van der Waals surface area contributed by atoms with Gasteiger partial charge in [0.25, 0.3) is 0 Å². The van der Waals surface area contributed by atoms with Crippen molar-refractivity contribution < 1.29 is 19.0 Å². The lowest BCUT2D eigenvalue weighted by atomic mass is 9.70. The number of nitrogens with zero attached hydrogens (tertiary/aromatic N) is 1. The molecule has 0 radical (unpaired) electrons. The summed E-state index contributed by atoms with van der Waals surface area (Å²) in [5, 5.41) is 9.87. The lowest BCUT2D eigenvalue weighted by Gasteiger charge is -2.37. The van der Waals surface area contributed by atoms with E-state index in [0.717, 1.165) is 22.4 Å². The molecule has 1 heterocycles. The maximum atomic E-state index is 13.2. The van der Waals surface area contributed by atoms with Crippen molar-refractivity contribution in [2.24, 2.45) is 11.1 Å². The Labute approximate surface area is 194 Å². The smallest absolute Gasteiger partial charge is 0.205 e. The molecule has 0 fully saturated rings. The van der Waals surface area contributed by atoms with Crippen molar-refractivity contribution in [3.63, 3.8) is 0 Å². The number of para-hydroxylation sites is 1. The minimum absolute atomic E-state index is 0.0139. The van der Waals surface area contributed by atoms with Gasteiger partial charge in [-0.05, 0) is 41.7 Å². The average molecular weight is 445 g/mol. The molecular formula is C27H28N2O4. The Balaban J connectivity index is 1.76. The second-order valence-corrected chi connectivity index (χ2v) is 9.33. The van der Waals surface area contributed by atoms with Crippen LogP contribution in [0, 0.1) is 23.7 Å². The third-order valence-electron chi connectivity index (χ3n) is 6.19. The van der Waals surface area contributed by atoms with Crippen LogP contribution in [0.25, 0.3) is 0 Å². The number of Topliss-reactive ketones (excluding diaryl/α,β-unsaturated/α-hetero) is 1. The predicted octanol–water partition coefficient (Wildman–Crippen LogP) is 5.03. The first-order chi connectivity index (χ1) is 15.7. The van der Waals surface area contributed by atoms with Gasteiger partial charge in [0.15, 0.2) is 5.78 Å². The molecule has 2 aromatic carbocycles. The molecule has 2 aliphatic rings. The van der Waals surface area contributed by atoms with E-state index in [1.165, 1.54) is 0 Å². The molecule has 33 heavy (non-hydrogen) atoms. The summed E-state index contributed by atoms with van der Waals surface area (Å²) in [6.45, 7) is 6.32. The first-order valence-corrected chi connectivity index (χ1v) is 10.9. The van der Waals surface area contributed by atoms with Crippen LogP contribution in [0.1, 0.15) is 49.3 Å². The van der Waals surface area contributed by atoms with E-state index < -0.39 is 5.92 Å². The number of hydrogen-bond acceptors (Lipinski definition) is 6. The molecule has 0 bridgehead atoms. The Bertz CT molecular complexity index is 1220. The molecule has 1 aliphatic carbocycles. The van der Waals surface area contributed by atoms with E-state index in [0.29, 0.717) is 29.9 Å². The summed E-state index contributed by atoms with van der Waals surface area (Å²) in [6.07, 6.45) is 0.979. The molecule has 1 atom stereocenters. The van der Waals surface area contributed by atoms with Crippen LogP contribution in [0.2, 0.25) is 0 Å². The van der Waals surface area contributed by atoms with Crippen LogP contribution in [0.5, 0.6) is 11.5 Å². The lowest BCUT2D eigenvalue weighted by molar-refractivity contribution is -0.119. The van der Waals surface area contributed by atoms with Crippen molar-refractivity contribution in [2.45, 2.75) is 46.1 Å². The zero-order valence-electron chi connectivity index (χ0n) is 19.4. The molecule has 6 nitrogen and oxygen atoms in total. The number of rotatable bonds is 5. The van der Waals surface area contributed by atoms with Crippen molar-refractivity contribution in [1.82, 2.24) is 0 Å². The number of ether oxygens (including phenoxy) is 3. The summed E-state index contributed by atoms with van der Waals surface area (Å²) < 4.78 is 17.4. The normalized spacial score (nSPS) is 19.5. The summed E-state index contributed by atoms with van der Waals surface area (Å²) in [5.74, 6) is 1.48. The molecule has 1 aliphatic heterocycles. The fraction of sp³-hybridized carbons (Fsp3) is 0.333. The fourth-order valence-electron chi connectivity index (χ4n) is 4.58. The highest BCUT2D eigenvalue weighted by atomic mass is 16.5. The van der Waals surface area contributed by atoms with Crippen molar-refractivity contribution in [3.05, 3.63) is 81.9 Å². The summed E-state index contributed by atoms with van der Waals surface area (Å²) >= 11 is 0. The van der Waals surface area contributed by atoms with Crippen LogP contribution >= 0.6 is 0 Å². The number of aryl methyl sites for hydroxylation is 1. The maximum Gasteiger partial charge on any atom is 0.205 e. The number of benzene rings is 2. The Kier molecular flexibility index (Phi) is 5.90. The first-order valence-electron chi connectivity index (χ1n) is 10.9. The zero-order valence-corrected chi connectivity index (χ0v) is 19.4. The maximum absolute atomic E-state index is 13.2. The Morgan fingerprint density at radius 1 is 1.18 bits per heavy atom. The van der Waals surface area contributed by atoms with Crippen LogP contribution < -0.4 is 15.2 Å². The van der Waals surface area contributed by atoms with E-state index in [1.54, 1.807) is 7.11 Å². The highest BCUT2D eigenvalue weighted by molar-refractivity contribution is 6.00. The van der Waals surface area contributed by atoms with E-state index in [-0.39, 0.29) is 29.3 Å². The molecule has 0 aromatic heterocycles. The molecule has 0 saturated carbocycles. The van der Waals surface area contributed by atoms with Crippen molar-refractivity contribution >= 4 is 5.78 Å². The molecule has 6 heteroatoms.